The minimum Gasteiger partial charge on any atom is -0.398 e. The average molecular weight is 136 g/mol. The van der Waals surface area contributed by atoms with Crippen LogP contribution in [-0.4, -0.2) is 6.21 Å². The highest BCUT2D eigenvalue weighted by Gasteiger charge is 2.06. The molecule has 1 aliphatic rings. The lowest BCUT2D eigenvalue weighted by molar-refractivity contribution is 0.930. The molecule has 2 heteroatoms. The Morgan fingerprint density at radius 1 is 1.70 bits per heavy atom. The molecule has 0 saturated heterocycles. The van der Waals surface area contributed by atoms with Gasteiger partial charge in [0.1, 0.15) is 0 Å². The van der Waals surface area contributed by atoms with E-state index in [0.29, 0.717) is 0 Å². The van der Waals surface area contributed by atoms with Gasteiger partial charge in [-0.3, -0.25) is 0 Å². The largest absolute Gasteiger partial charge is 0.398 e. The van der Waals surface area contributed by atoms with Crippen LogP contribution in [0.2, 0.25) is 0 Å². The quantitative estimate of drug-likeness (QED) is 0.528. The van der Waals surface area contributed by atoms with Gasteiger partial charge in [-0.25, -0.2) is 0 Å². The first-order valence-corrected chi connectivity index (χ1v) is 3.42. The van der Waals surface area contributed by atoms with Crippen molar-refractivity contribution in [2.45, 2.75) is 19.8 Å². The minimum atomic E-state index is 0.763. The van der Waals surface area contributed by atoms with Crippen LogP contribution < -0.4 is 5.73 Å². The molecule has 2 nitrogen and oxygen atoms in total. The molecule has 3 N–H and O–H groups in total. The van der Waals surface area contributed by atoms with Crippen molar-refractivity contribution in [2.24, 2.45) is 5.73 Å². The Morgan fingerprint density at radius 3 is 2.80 bits per heavy atom. The van der Waals surface area contributed by atoms with E-state index < -0.39 is 0 Å². The summed E-state index contributed by atoms with van der Waals surface area (Å²) in [6.45, 7) is 2.03. The SMILES string of the molecule is CC1=C(C=N)C(N)=CCC1. The van der Waals surface area contributed by atoms with E-state index in [2.05, 4.69) is 0 Å². The summed E-state index contributed by atoms with van der Waals surface area (Å²) >= 11 is 0. The lowest BCUT2D eigenvalue weighted by Gasteiger charge is -2.12. The highest BCUT2D eigenvalue weighted by Crippen LogP contribution is 2.19. The third kappa shape index (κ3) is 1.10. The van der Waals surface area contributed by atoms with Crippen LogP contribution in [0.5, 0.6) is 0 Å². The molecule has 0 saturated carbocycles. The second kappa shape index (κ2) is 2.69. The summed E-state index contributed by atoms with van der Waals surface area (Å²) in [5, 5.41) is 7.05. The van der Waals surface area contributed by atoms with Gasteiger partial charge < -0.3 is 11.1 Å². The van der Waals surface area contributed by atoms with Gasteiger partial charge in [0.05, 0.1) is 0 Å². The van der Waals surface area contributed by atoms with Crippen molar-refractivity contribution >= 4 is 6.21 Å². The summed E-state index contributed by atoms with van der Waals surface area (Å²) in [7, 11) is 0. The molecule has 0 unspecified atom stereocenters. The Bertz CT molecular complexity index is 211. The van der Waals surface area contributed by atoms with E-state index in [9.17, 15) is 0 Å². The first-order chi connectivity index (χ1) is 4.75. The molecule has 0 atom stereocenters. The van der Waals surface area contributed by atoms with Gasteiger partial charge in [-0.15, -0.1) is 0 Å². The van der Waals surface area contributed by atoms with E-state index in [0.717, 1.165) is 24.1 Å². The summed E-state index contributed by atoms with van der Waals surface area (Å²) in [5.41, 5.74) is 8.53. The van der Waals surface area contributed by atoms with Gasteiger partial charge in [-0.05, 0) is 19.8 Å². The van der Waals surface area contributed by atoms with Crippen molar-refractivity contribution < 1.29 is 0 Å². The smallest absolute Gasteiger partial charge is 0.0362 e. The molecule has 0 fully saturated rings. The molecule has 0 bridgehead atoms. The van der Waals surface area contributed by atoms with Crippen molar-refractivity contribution in [3.05, 3.63) is 22.9 Å². The van der Waals surface area contributed by atoms with Crippen molar-refractivity contribution in [1.82, 2.24) is 0 Å². The number of allylic oxidation sites excluding steroid dienone is 3. The zero-order valence-corrected chi connectivity index (χ0v) is 6.15. The predicted molar refractivity (Wildman–Crippen MR) is 43.0 cm³/mol. The van der Waals surface area contributed by atoms with Crippen LogP contribution in [0.4, 0.5) is 0 Å². The summed E-state index contributed by atoms with van der Waals surface area (Å²) in [6.07, 6.45) is 5.38. The van der Waals surface area contributed by atoms with Crippen LogP contribution in [0.3, 0.4) is 0 Å². The Balaban J connectivity index is 2.97. The van der Waals surface area contributed by atoms with Gasteiger partial charge in [-0.2, -0.15) is 0 Å². The standard InChI is InChI=1S/C8H12N2/c1-6-3-2-4-8(10)7(6)5-9/h4-5,9H,2-3,10H2,1H3. The van der Waals surface area contributed by atoms with Gasteiger partial charge >= 0.3 is 0 Å². The highest BCUT2D eigenvalue weighted by atomic mass is 14.6. The first kappa shape index (κ1) is 7.06. The molecule has 0 aliphatic heterocycles. The second-order valence-corrected chi connectivity index (χ2v) is 2.54. The van der Waals surface area contributed by atoms with Gasteiger partial charge in [0.2, 0.25) is 0 Å². The lowest BCUT2D eigenvalue weighted by Crippen LogP contribution is -2.07. The van der Waals surface area contributed by atoms with Crippen LogP contribution in [0.15, 0.2) is 22.9 Å². The summed E-state index contributed by atoms with van der Waals surface area (Å²) in [5.74, 6) is 0. The predicted octanol–water partition coefficient (Wildman–Crippen LogP) is 1.59. The summed E-state index contributed by atoms with van der Waals surface area (Å²) in [4.78, 5) is 0. The summed E-state index contributed by atoms with van der Waals surface area (Å²) in [6, 6.07) is 0. The molecule has 54 valence electrons. The van der Waals surface area contributed by atoms with Crippen molar-refractivity contribution in [2.75, 3.05) is 0 Å². The molecular formula is C8H12N2. The van der Waals surface area contributed by atoms with E-state index in [-0.39, 0.29) is 0 Å². The number of rotatable bonds is 1. The van der Waals surface area contributed by atoms with E-state index in [1.54, 1.807) is 0 Å². The van der Waals surface area contributed by atoms with Gasteiger partial charge in [0.25, 0.3) is 0 Å². The Morgan fingerprint density at radius 2 is 2.40 bits per heavy atom. The Hall–Kier alpha value is -1.05. The Labute approximate surface area is 60.9 Å². The molecule has 0 aromatic carbocycles. The van der Waals surface area contributed by atoms with Gasteiger partial charge in [0, 0.05) is 17.5 Å². The fourth-order valence-electron chi connectivity index (χ4n) is 1.14. The van der Waals surface area contributed by atoms with E-state index in [1.807, 2.05) is 13.0 Å². The maximum atomic E-state index is 7.05. The number of nitrogens with two attached hydrogens (primary N) is 1. The second-order valence-electron chi connectivity index (χ2n) is 2.54. The molecule has 0 heterocycles. The van der Waals surface area contributed by atoms with E-state index >= 15 is 0 Å². The van der Waals surface area contributed by atoms with Crippen molar-refractivity contribution in [3.8, 4) is 0 Å². The number of nitrogens with one attached hydrogen (secondary N) is 1. The van der Waals surface area contributed by atoms with Crippen LogP contribution >= 0.6 is 0 Å². The molecule has 1 rings (SSSR count). The van der Waals surface area contributed by atoms with E-state index in [1.165, 1.54) is 11.8 Å². The zero-order valence-electron chi connectivity index (χ0n) is 6.15. The molecule has 0 spiro atoms. The lowest BCUT2D eigenvalue weighted by atomic mass is 9.97. The average Bonchev–Trinajstić information content (AvgIpc) is 1.88. The molecule has 0 amide bonds. The molecular weight excluding hydrogens is 124 g/mol. The van der Waals surface area contributed by atoms with Crippen LogP contribution in [-0.2, 0) is 0 Å². The third-order valence-corrected chi connectivity index (χ3v) is 1.80. The monoisotopic (exact) mass is 136 g/mol. The minimum absolute atomic E-state index is 0.763. The number of hydrogen-bond acceptors (Lipinski definition) is 2. The van der Waals surface area contributed by atoms with Gasteiger partial charge in [-0.1, -0.05) is 11.6 Å². The summed E-state index contributed by atoms with van der Waals surface area (Å²) < 4.78 is 0. The maximum Gasteiger partial charge on any atom is 0.0362 e. The van der Waals surface area contributed by atoms with E-state index in [4.69, 9.17) is 11.1 Å². The van der Waals surface area contributed by atoms with Crippen LogP contribution in [0, 0.1) is 5.41 Å². The third-order valence-electron chi connectivity index (χ3n) is 1.80. The first-order valence-electron chi connectivity index (χ1n) is 3.42. The fraction of sp³-hybridized carbons (Fsp3) is 0.375. The molecule has 10 heavy (non-hydrogen) atoms. The molecule has 0 aromatic heterocycles. The van der Waals surface area contributed by atoms with Crippen molar-refractivity contribution in [1.29, 1.82) is 5.41 Å². The highest BCUT2D eigenvalue weighted by molar-refractivity contribution is 5.83. The van der Waals surface area contributed by atoms with Crippen LogP contribution in [0.25, 0.3) is 0 Å². The topological polar surface area (TPSA) is 49.9 Å². The zero-order chi connectivity index (χ0) is 7.56. The molecule has 0 aromatic rings. The normalized spacial score (nSPS) is 18.7. The van der Waals surface area contributed by atoms with Crippen molar-refractivity contribution in [3.63, 3.8) is 0 Å². The Kier molecular flexibility index (Phi) is 1.90. The fourth-order valence-corrected chi connectivity index (χ4v) is 1.14. The maximum absolute atomic E-state index is 7.05. The van der Waals surface area contributed by atoms with Crippen LogP contribution in [0.1, 0.15) is 19.8 Å². The molecule has 0 radical (unpaired) electrons. The van der Waals surface area contributed by atoms with Gasteiger partial charge in [0.15, 0.2) is 0 Å². The molecule has 1 aliphatic carbocycles. The number of hydrogen-bond donors (Lipinski definition) is 2.